The van der Waals surface area contributed by atoms with Crippen molar-refractivity contribution in [1.29, 1.82) is 0 Å². The largest absolute Gasteiger partial charge is 0.370 e. The number of hydrogen-bond acceptors (Lipinski definition) is 7. The van der Waals surface area contributed by atoms with Gasteiger partial charge < -0.3 is 10.6 Å². The molecule has 0 aromatic carbocycles. The van der Waals surface area contributed by atoms with Crippen molar-refractivity contribution in [1.82, 2.24) is 15.0 Å². The number of nitrogens with two attached hydrogens (primary N) is 1. The fourth-order valence-corrected chi connectivity index (χ4v) is 4.27. The van der Waals surface area contributed by atoms with E-state index in [2.05, 4.69) is 19.9 Å². The lowest BCUT2D eigenvalue weighted by Gasteiger charge is -2.33. The molecule has 0 radical (unpaired) electrons. The maximum absolute atomic E-state index is 11.1. The number of thioether (sulfide) groups is 1. The molecule has 1 unspecified atom stereocenters. The summed E-state index contributed by atoms with van der Waals surface area (Å²) in [5.41, 5.74) is 6.08. The van der Waals surface area contributed by atoms with Crippen LogP contribution in [0.25, 0.3) is 10.3 Å². The summed E-state index contributed by atoms with van der Waals surface area (Å²) in [5, 5.41) is 0. The van der Waals surface area contributed by atoms with Crippen LogP contribution in [0, 0.1) is 5.92 Å². The Hall–Kier alpha value is -1.41. The van der Waals surface area contributed by atoms with Gasteiger partial charge in [0.05, 0.1) is 0 Å². The van der Waals surface area contributed by atoms with Gasteiger partial charge in [-0.2, -0.15) is 0 Å². The summed E-state index contributed by atoms with van der Waals surface area (Å²) >= 11 is 3.25. The highest BCUT2D eigenvalue weighted by molar-refractivity contribution is 8.00. The lowest BCUT2D eigenvalue weighted by atomic mass is 9.94. The Balaban J connectivity index is 1.88. The second-order valence-electron chi connectivity index (χ2n) is 5.16. The molecule has 0 saturated carbocycles. The third-order valence-electron chi connectivity index (χ3n) is 3.64. The van der Waals surface area contributed by atoms with Crippen LogP contribution >= 0.6 is 23.1 Å². The predicted molar refractivity (Wildman–Crippen MR) is 85.7 cm³/mol. The van der Waals surface area contributed by atoms with Crippen LogP contribution < -0.4 is 10.6 Å². The van der Waals surface area contributed by atoms with Crippen molar-refractivity contribution in [2.24, 2.45) is 11.7 Å². The zero-order chi connectivity index (χ0) is 14.8. The highest BCUT2D eigenvalue weighted by Gasteiger charge is 2.24. The Bertz CT molecular complexity index is 659. The molecule has 1 amide bonds. The van der Waals surface area contributed by atoms with E-state index in [1.165, 1.54) is 0 Å². The zero-order valence-electron chi connectivity index (χ0n) is 11.8. The molecule has 1 saturated heterocycles. The number of thiazole rings is 1. The first-order valence-electron chi connectivity index (χ1n) is 6.86. The molecule has 2 aromatic heterocycles. The maximum atomic E-state index is 11.1. The number of rotatable bonds is 4. The van der Waals surface area contributed by atoms with E-state index in [-0.39, 0.29) is 5.91 Å². The molecule has 1 atom stereocenters. The van der Waals surface area contributed by atoms with Crippen LogP contribution in [0.4, 0.5) is 5.82 Å². The molecule has 1 aliphatic rings. The first kappa shape index (κ1) is 14.5. The Morgan fingerprint density at radius 2 is 2.43 bits per heavy atom. The molecule has 0 bridgehead atoms. The van der Waals surface area contributed by atoms with Crippen LogP contribution in [-0.2, 0) is 4.79 Å². The molecule has 0 aliphatic carbocycles. The van der Waals surface area contributed by atoms with Crippen LogP contribution in [0.15, 0.2) is 10.7 Å². The van der Waals surface area contributed by atoms with Gasteiger partial charge in [0.2, 0.25) is 5.91 Å². The summed E-state index contributed by atoms with van der Waals surface area (Å²) in [7, 11) is 0. The van der Waals surface area contributed by atoms with Crippen molar-refractivity contribution in [3.63, 3.8) is 0 Å². The number of amides is 1. The third-order valence-corrected chi connectivity index (χ3v) is 5.66. The zero-order valence-corrected chi connectivity index (χ0v) is 13.4. The Morgan fingerprint density at radius 1 is 1.57 bits per heavy atom. The molecule has 2 N–H and O–H groups in total. The quantitative estimate of drug-likeness (QED) is 0.865. The van der Waals surface area contributed by atoms with Crippen molar-refractivity contribution in [3.8, 4) is 0 Å². The Labute approximate surface area is 131 Å². The second kappa shape index (κ2) is 6.15. The van der Waals surface area contributed by atoms with Crippen LogP contribution in [0.2, 0.25) is 0 Å². The number of primary amides is 1. The minimum atomic E-state index is -0.225. The smallest absolute Gasteiger partial charge is 0.217 e. The number of carbonyl (C=O) groups excluding carboxylic acids is 1. The lowest BCUT2D eigenvalue weighted by molar-refractivity contribution is -0.118. The molecule has 2 aromatic rings. The number of nitrogens with zero attached hydrogens (tertiary/aromatic N) is 4. The predicted octanol–water partition coefficient (Wildman–Crippen LogP) is 1.90. The molecule has 3 heterocycles. The van der Waals surface area contributed by atoms with E-state index in [0.717, 1.165) is 46.4 Å². The van der Waals surface area contributed by atoms with E-state index in [9.17, 15) is 4.79 Å². The third kappa shape index (κ3) is 3.11. The summed E-state index contributed by atoms with van der Waals surface area (Å²) < 4.78 is 2.03. The van der Waals surface area contributed by atoms with Gasteiger partial charge in [0.15, 0.2) is 15.8 Å². The van der Waals surface area contributed by atoms with Crippen LogP contribution in [0.1, 0.15) is 19.3 Å². The summed E-state index contributed by atoms with van der Waals surface area (Å²) in [6.45, 7) is 1.77. The number of aromatic nitrogens is 3. The fraction of sp³-hybridized carbons (Fsp3) is 0.538. The lowest BCUT2D eigenvalue weighted by Crippen LogP contribution is -2.37. The second-order valence-corrected chi connectivity index (χ2v) is 7.21. The Kier molecular flexibility index (Phi) is 4.25. The van der Waals surface area contributed by atoms with Crippen molar-refractivity contribution in [2.45, 2.75) is 23.6 Å². The van der Waals surface area contributed by atoms with E-state index in [4.69, 9.17) is 5.73 Å². The van der Waals surface area contributed by atoms with Gasteiger partial charge >= 0.3 is 0 Å². The summed E-state index contributed by atoms with van der Waals surface area (Å²) in [5.74, 6) is 1.03. The minimum absolute atomic E-state index is 0.225. The van der Waals surface area contributed by atoms with Crippen LogP contribution in [0.5, 0.6) is 0 Å². The van der Waals surface area contributed by atoms with Gasteiger partial charge in [-0.3, -0.25) is 4.79 Å². The maximum Gasteiger partial charge on any atom is 0.217 e. The van der Waals surface area contributed by atoms with E-state index in [1.807, 2.05) is 6.26 Å². The van der Waals surface area contributed by atoms with Crippen LogP contribution in [-0.4, -0.2) is 40.2 Å². The van der Waals surface area contributed by atoms with Gasteiger partial charge in [-0.05, 0) is 25.0 Å². The van der Waals surface area contributed by atoms with Gasteiger partial charge in [0.1, 0.15) is 11.0 Å². The Morgan fingerprint density at radius 3 is 3.19 bits per heavy atom. The molecule has 1 aliphatic heterocycles. The number of carbonyl (C=O) groups is 1. The normalized spacial score (nSPS) is 19.1. The van der Waals surface area contributed by atoms with Gasteiger partial charge in [-0.15, -0.1) is 11.3 Å². The number of anilines is 1. The van der Waals surface area contributed by atoms with Gasteiger partial charge in [-0.25, -0.2) is 15.0 Å². The molecule has 1 fully saturated rings. The first-order valence-corrected chi connectivity index (χ1v) is 8.90. The number of hydrogen-bond donors (Lipinski definition) is 1. The van der Waals surface area contributed by atoms with Gasteiger partial charge in [0, 0.05) is 19.5 Å². The van der Waals surface area contributed by atoms with E-state index in [1.54, 1.807) is 29.4 Å². The van der Waals surface area contributed by atoms with Crippen molar-refractivity contribution >= 4 is 45.2 Å². The van der Waals surface area contributed by atoms with Crippen molar-refractivity contribution < 1.29 is 4.79 Å². The first-order chi connectivity index (χ1) is 10.2. The molecule has 6 nitrogen and oxygen atoms in total. The van der Waals surface area contributed by atoms with Crippen molar-refractivity contribution in [3.05, 3.63) is 6.33 Å². The average Bonchev–Trinajstić information content (AvgIpc) is 2.89. The highest BCUT2D eigenvalue weighted by Crippen LogP contribution is 2.34. The number of fused-ring (bicyclic) bond motifs is 1. The summed E-state index contributed by atoms with van der Waals surface area (Å²) in [6, 6.07) is 0. The molecule has 0 spiro atoms. The molecule has 21 heavy (non-hydrogen) atoms. The molecule has 8 heteroatoms. The topological polar surface area (TPSA) is 85.0 Å². The van der Waals surface area contributed by atoms with E-state index >= 15 is 0 Å². The van der Waals surface area contributed by atoms with Gasteiger partial charge in [0.25, 0.3) is 0 Å². The van der Waals surface area contributed by atoms with E-state index in [0.29, 0.717) is 12.3 Å². The fourth-order valence-electron chi connectivity index (χ4n) is 2.74. The summed E-state index contributed by atoms with van der Waals surface area (Å²) in [6.07, 6.45) is 6.13. The van der Waals surface area contributed by atoms with Crippen molar-refractivity contribution in [2.75, 3.05) is 24.2 Å². The SMILES string of the molecule is CSc1nc2ncnc(N3CCCC(CC(N)=O)C3)c2s1. The molecule has 112 valence electrons. The standard InChI is InChI=1S/C13H17N5OS2/c1-20-13-17-11-10(21-13)12(16-7-15-11)18-4-2-3-8(6-18)5-9(14)19/h7-8H,2-6H2,1H3,(H2,14,19). The van der Waals surface area contributed by atoms with Crippen LogP contribution in [0.3, 0.4) is 0 Å². The average molecular weight is 323 g/mol. The van der Waals surface area contributed by atoms with E-state index < -0.39 is 0 Å². The molecular weight excluding hydrogens is 306 g/mol. The minimum Gasteiger partial charge on any atom is -0.370 e. The molecular formula is C13H17N5OS2. The summed E-state index contributed by atoms with van der Waals surface area (Å²) in [4.78, 5) is 26.6. The number of piperidine rings is 1. The van der Waals surface area contributed by atoms with Gasteiger partial charge in [-0.1, -0.05) is 11.8 Å². The highest BCUT2D eigenvalue weighted by atomic mass is 32.2. The monoisotopic (exact) mass is 323 g/mol. The molecule has 3 rings (SSSR count).